The van der Waals surface area contributed by atoms with E-state index in [4.69, 9.17) is 21.9 Å². The van der Waals surface area contributed by atoms with Crippen molar-refractivity contribution < 1.29 is 47.6 Å². The molecule has 0 aliphatic carbocycles. The van der Waals surface area contributed by atoms with Crippen LogP contribution in [0.3, 0.4) is 0 Å². The standard InChI is InChI=1S/C16H12ClN3O4S.Na/c17-10-2-4-11(5-3-10)19-20-16-13(18)6-1-9-7-12(25(22,23)24)8-14(21)15(9)16;/h1-8,21H,18H2,(H,22,23,24);/q;+1/p-1. The van der Waals surface area contributed by atoms with Crippen molar-refractivity contribution in [2.75, 3.05) is 5.73 Å². The van der Waals surface area contributed by atoms with Crippen molar-refractivity contribution in [3.63, 3.8) is 0 Å². The van der Waals surface area contributed by atoms with Crippen molar-refractivity contribution >= 4 is 49.6 Å². The topological polar surface area (TPSA) is 128 Å². The van der Waals surface area contributed by atoms with Crippen molar-refractivity contribution in [1.29, 1.82) is 0 Å². The van der Waals surface area contributed by atoms with Crippen LogP contribution in [0.1, 0.15) is 0 Å². The summed E-state index contributed by atoms with van der Waals surface area (Å²) in [5.74, 6) is -0.637. The summed E-state index contributed by atoms with van der Waals surface area (Å²) in [6.45, 7) is 0. The summed E-state index contributed by atoms with van der Waals surface area (Å²) in [4.78, 5) is -0.490. The number of nitrogens with zero attached hydrogens (tertiary/aromatic N) is 2. The van der Waals surface area contributed by atoms with Crippen molar-refractivity contribution in [2.24, 2.45) is 10.2 Å². The molecule has 10 heteroatoms. The summed E-state index contributed by atoms with van der Waals surface area (Å²) in [6.07, 6.45) is 0. The fraction of sp³-hybridized carbons (Fsp3) is 0. The summed E-state index contributed by atoms with van der Waals surface area (Å²) < 4.78 is 31.6. The summed E-state index contributed by atoms with van der Waals surface area (Å²) in [7, 11) is -4.50. The third-order valence-electron chi connectivity index (χ3n) is 3.45. The number of hydrogen-bond acceptors (Lipinski definition) is 6. The molecular formula is C16H11ClN3NaO4S. The van der Waals surface area contributed by atoms with Gasteiger partial charge in [-0.15, -0.1) is 5.11 Å². The van der Waals surface area contributed by atoms with E-state index in [9.17, 15) is 13.5 Å². The quantitative estimate of drug-likeness (QED) is 0.291. The number of hydrogen-bond donors (Lipinski definition) is 2. The summed E-state index contributed by atoms with van der Waals surface area (Å²) in [5.41, 5.74) is 6.72. The molecule has 0 aliphatic rings. The first-order chi connectivity index (χ1) is 11.8. The molecular weight excluding hydrogens is 389 g/mol. The molecule has 3 rings (SSSR count). The molecule has 0 spiro atoms. The zero-order chi connectivity index (χ0) is 18.2. The molecule has 0 saturated heterocycles. The first-order valence-electron chi connectivity index (χ1n) is 6.94. The average Bonchev–Trinajstić information content (AvgIpc) is 2.54. The molecule has 0 heterocycles. The summed E-state index contributed by atoms with van der Waals surface area (Å²) >= 11 is 5.80. The van der Waals surface area contributed by atoms with Crippen LogP contribution in [0, 0.1) is 0 Å². The van der Waals surface area contributed by atoms with Gasteiger partial charge in [0.15, 0.2) is 0 Å². The third-order valence-corrected chi connectivity index (χ3v) is 4.53. The number of nitrogens with two attached hydrogens (primary N) is 1. The molecule has 0 radical (unpaired) electrons. The van der Waals surface area contributed by atoms with Gasteiger partial charge in [0, 0.05) is 10.4 Å². The zero-order valence-electron chi connectivity index (χ0n) is 13.5. The number of benzene rings is 3. The Bertz CT molecular complexity index is 1100. The first-order valence-corrected chi connectivity index (χ1v) is 8.75. The number of fused-ring (bicyclic) bond motifs is 1. The van der Waals surface area contributed by atoms with E-state index < -0.39 is 20.8 Å². The Morgan fingerprint density at radius 1 is 1.04 bits per heavy atom. The van der Waals surface area contributed by atoms with Gasteiger partial charge in [0.1, 0.15) is 5.69 Å². The van der Waals surface area contributed by atoms with Crippen molar-refractivity contribution in [3.05, 3.63) is 53.6 Å². The Morgan fingerprint density at radius 2 is 1.69 bits per heavy atom. The largest absolute Gasteiger partial charge is 1.00 e. The molecule has 0 bridgehead atoms. The Morgan fingerprint density at radius 3 is 2.31 bits per heavy atom. The van der Waals surface area contributed by atoms with Gasteiger partial charge in [0.2, 0.25) is 0 Å². The molecule has 0 unspecified atom stereocenters. The number of halogens is 1. The molecule has 0 amide bonds. The normalized spacial score (nSPS) is 11.6. The molecule has 0 aliphatic heterocycles. The molecule has 0 atom stereocenters. The van der Waals surface area contributed by atoms with Gasteiger partial charge in [0.05, 0.1) is 16.3 Å². The van der Waals surface area contributed by atoms with E-state index in [-0.39, 0.29) is 51.7 Å². The average molecular weight is 400 g/mol. The minimum absolute atomic E-state index is 0. The van der Waals surface area contributed by atoms with E-state index in [1.165, 1.54) is 18.2 Å². The Labute approximate surface area is 176 Å². The van der Waals surface area contributed by atoms with Crippen LogP contribution in [-0.2, 0) is 10.1 Å². The Kier molecular flexibility index (Phi) is 6.28. The SMILES string of the molecule is Nc1ccc2cc(S(=O)(=O)O)cc([O-])c2c1N=Nc1ccc(Cl)cc1.[Na+]. The zero-order valence-corrected chi connectivity index (χ0v) is 17.1. The van der Waals surface area contributed by atoms with Crippen molar-refractivity contribution in [3.8, 4) is 5.75 Å². The van der Waals surface area contributed by atoms with Crippen LogP contribution in [0.2, 0.25) is 5.02 Å². The van der Waals surface area contributed by atoms with Gasteiger partial charge in [-0.05, 0) is 47.9 Å². The van der Waals surface area contributed by atoms with E-state index in [1.54, 1.807) is 24.3 Å². The smallest absolute Gasteiger partial charge is 0.872 e. The van der Waals surface area contributed by atoms with Crippen LogP contribution in [0.4, 0.5) is 17.1 Å². The Balaban J connectivity index is 0.00000243. The maximum absolute atomic E-state index is 12.3. The molecule has 3 aromatic rings. The van der Waals surface area contributed by atoms with Crippen LogP contribution in [0.25, 0.3) is 10.8 Å². The second kappa shape index (κ2) is 7.91. The van der Waals surface area contributed by atoms with Crippen molar-refractivity contribution in [1.82, 2.24) is 0 Å². The summed E-state index contributed by atoms with van der Waals surface area (Å²) in [6, 6.07) is 11.5. The van der Waals surface area contributed by atoms with Gasteiger partial charge >= 0.3 is 29.6 Å². The first kappa shape index (κ1) is 20.6. The van der Waals surface area contributed by atoms with Gasteiger partial charge < -0.3 is 10.8 Å². The predicted molar refractivity (Wildman–Crippen MR) is 93.2 cm³/mol. The van der Waals surface area contributed by atoms with Gasteiger partial charge in [0.25, 0.3) is 10.1 Å². The van der Waals surface area contributed by atoms with Gasteiger partial charge in [-0.25, -0.2) is 0 Å². The van der Waals surface area contributed by atoms with Crippen LogP contribution in [0.5, 0.6) is 5.75 Å². The molecule has 128 valence electrons. The fourth-order valence-corrected chi connectivity index (χ4v) is 2.93. The number of nitrogen functional groups attached to an aromatic ring is 1. The van der Waals surface area contributed by atoms with Crippen LogP contribution in [0.15, 0.2) is 63.7 Å². The minimum atomic E-state index is -4.50. The maximum Gasteiger partial charge on any atom is 1.00 e. The van der Waals surface area contributed by atoms with E-state index in [0.29, 0.717) is 10.7 Å². The molecule has 3 aromatic carbocycles. The van der Waals surface area contributed by atoms with Crippen molar-refractivity contribution in [2.45, 2.75) is 4.90 Å². The fourth-order valence-electron chi connectivity index (χ4n) is 2.27. The molecule has 0 aromatic heterocycles. The monoisotopic (exact) mass is 399 g/mol. The molecule has 0 saturated carbocycles. The second-order valence-corrected chi connectivity index (χ2v) is 7.03. The van der Waals surface area contributed by atoms with E-state index >= 15 is 0 Å². The van der Waals surface area contributed by atoms with Gasteiger partial charge in [-0.1, -0.05) is 23.4 Å². The van der Waals surface area contributed by atoms with Crippen LogP contribution < -0.4 is 40.4 Å². The maximum atomic E-state index is 12.3. The van der Waals surface area contributed by atoms with Crippen LogP contribution in [-0.4, -0.2) is 13.0 Å². The van der Waals surface area contributed by atoms with E-state index in [2.05, 4.69) is 10.2 Å². The number of anilines is 1. The minimum Gasteiger partial charge on any atom is -0.872 e. The van der Waals surface area contributed by atoms with Gasteiger partial charge in [-0.2, -0.15) is 13.5 Å². The molecule has 26 heavy (non-hydrogen) atoms. The molecule has 7 nitrogen and oxygen atoms in total. The number of azo groups is 1. The molecule has 3 N–H and O–H groups in total. The van der Waals surface area contributed by atoms with Crippen LogP contribution >= 0.6 is 11.6 Å². The third kappa shape index (κ3) is 4.35. The second-order valence-electron chi connectivity index (χ2n) is 5.17. The van der Waals surface area contributed by atoms with E-state index in [1.807, 2.05) is 0 Å². The summed E-state index contributed by atoms with van der Waals surface area (Å²) in [5, 5.41) is 21.3. The van der Waals surface area contributed by atoms with Gasteiger partial charge in [-0.3, -0.25) is 4.55 Å². The van der Waals surface area contributed by atoms with E-state index in [0.717, 1.165) is 6.07 Å². The molecule has 0 fully saturated rings. The Hall–Kier alpha value is -1.68. The number of rotatable bonds is 3. The predicted octanol–water partition coefficient (Wildman–Crippen LogP) is 0.815.